The van der Waals surface area contributed by atoms with Crippen molar-refractivity contribution in [3.63, 3.8) is 0 Å². The van der Waals surface area contributed by atoms with Crippen molar-refractivity contribution in [2.75, 3.05) is 34.3 Å². The molecule has 58 heavy (non-hydrogen) atoms. The van der Waals surface area contributed by atoms with Crippen LogP contribution in [0.5, 0.6) is 0 Å². The maximum atomic E-state index is 14.7. The molecule has 3 heterocycles. The van der Waals surface area contributed by atoms with Gasteiger partial charge >= 0.3 is 18.0 Å². The highest BCUT2D eigenvalue weighted by molar-refractivity contribution is 6.00. The minimum absolute atomic E-state index is 0.0727. The molecule has 0 aromatic heterocycles. The van der Waals surface area contributed by atoms with E-state index in [9.17, 15) is 24.0 Å². The van der Waals surface area contributed by atoms with Crippen LogP contribution in [-0.2, 0) is 42.8 Å². The molecule has 16 heteroatoms. The average molecular weight is 814 g/mol. The van der Waals surface area contributed by atoms with Gasteiger partial charge in [0.1, 0.15) is 17.8 Å². The number of unbranched alkanes of at least 4 members (excludes halogenated alkanes) is 1. The minimum Gasteiger partial charge on any atom is -0.458 e. The molecule has 0 spiro atoms. The van der Waals surface area contributed by atoms with Gasteiger partial charge in [-0.15, -0.1) is 0 Å². The number of benzene rings is 1. The van der Waals surface area contributed by atoms with Gasteiger partial charge in [-0.3, -0.25) is 14.4 Å². The molecule has 3 aliphatic rings. The molecule has 0 radical (unpaired) electrons. The molecule has 0 aliphatic carbocycles. The first-order valence-electron chi connectivity index (χ1n) is 20.4. The SMILES string of the molecule is CC[C@H]1OC(=O)[C@H](C)C(=O)[C@H](C)[C@@H](O[C@@H]2O[C@H](C)C[C@H](N(C)C)[C@H]2OC(=O)c2ccccc2)[C@@](C)(OC)C[C@@H](C)C(=O)[C@H](C)[C@H]2N(CCCCN=[N+]=[N-])C(=O)O[C@]12C. The van der Waals surface area contributed by atoms with E-state index in [1.165, 1.54) is 18.9 Å². The number of ether oxygens (including phenoxy) is 6. The molecule has 3 aliphatic heterocycles. The second-order valence-corrected chi connectivity index (χ2v) is 16.8. The Bertz CT molecular complexity index is 1670. The molecule has 0 bridgehead atoms. The molecule has 0 unspecified atom stereocenters. The molecule has 16 nitrogen and oxygen atoms in total. The first-order chi connectivity index (χ1) is 27.3. The Kier molecular flexibility index (Phi) is 15.9. The summed E-state index contributed by atoms with van der Waals surface area (Å²) in [6.07, 6.45) is -3.46. The van der Waals surface area contributed by atoms with E-state index in [4.69, 9.17) is 34.0 Å². The largest absolute Gasteiger partial charge is 0.458 e. The van der Waals surface area contributed by atoms with E-state index in [1.807, 2.05) is 25.9 Å². The Morgan fingerprint density at radius 2 is 1.69 bits per heavy atom. The number of carbonyl (C=O) groups excluding carboxylic acids is 5. The number of likely N-dealkylation sites (N-methyl/N-ethyl adjacent to an activating group) is 1. The standard InChI is InChI=1S/C42H63N5O11/c1-12-31-42(8)35(47(40(52)58-42)21-17-16-20-44-45-43)26(4)32(48)24(2)23-41(7,53-11)36(27(5)33(49)28(6)37(50)55-31)57-39-34(30(46(9)10)22-25(3)54-39)56-38(51)29-18-14-13-15-19-29/h13-15,18-19,24-28,30-31,34-36,39H,12,16-17,20-23H2,1-11H3/t24-,25-,26+,27+,28-,30+,31-,34-,35-,36-,39+,41+,42-/m1/s1. The van der Waals surface area contributed by atoms with E-state index in [1.54, 1.807) is 71.9 Å². The van der Waals surface area contributed by atoms with Crippen molar-refractivity contribution in [2.45, 2.75) is 141 Å². The molecule has 4 rings (SSSR count). The zero-order valence-electron chi connectivity index (χ0n) is 35.9. The summed E-state index contributed by atoms with van der Waals surface area (Å²) < 4.78 is 37.8. The van der Waals surface area contributed by atoms with Crippen molar-refractivity contribution in [2.24, 2.45) is 28.8 Å². The number of fused-ring (bicyclic) bond motifs is 1. The van der Waals surface area contributed by atoms with E-state index in [2.05, 4.69) is 10.0 Å². The molecular weight excluding hydrogens is 750 g/mol. The number of ketones is 2. The number of carbonyl (C=O) groups is 5. The van der Waals surface area contributed by atoms with Gasteiger partial charge in [0.15, 0.2) is 23.8 Å². The van der Waals surface area contributed by atoms with Crippen LogP contribution in [0.2, 0.25) is 0 Å². The van der Waals surface area contributed by atoms with Crippen LogP contribution in [0.4, 0.5) is 4.79 Å². The summed E-state index contributed by atoms with van der Waals surface area (Å²) in [5.74, 6) is -5.90. The molecule has 1 aromatic carbocycles. The first-order valence-corrected chi connectivity index (χ1v) is 20.4. The lowest BCUT2D eigenvalue weighted by Gasteiger charge is -2.47. The third-order valence-corrected chi connectivity index (χ3v) is 12.4. The van der Waals surface area contributed by atoms with Crippen molar-refractivity contribution in [1.29, 1.82) is 0 Å². The van der Waals surface area contributed by atoms with Gasteiger partial charge in [-0.1, -0.05) is 51.0 Å². The number of nitrogens with zero attached hydrogens (tertiary/aromatic N) is 5. The zero-order valence-corrected chi connectivity index (χ0v) is 35.9. The average Bonchev–Trinajstić information content (AvgIpc) is 3.46. The van der Waals surface area contributed by atoms with Crippen LogP contribution < -0.4 is 0 Å². The van der Waals surface area contributed by atoms with Crippen molar-refractivity contribution in [3.05, 3.63) is 46.3 Å². The van der Waals surface area contributed by atoms with E-state index in [0.717, 1.165) is 0 Å². The molecule has 322 valence electrons. The highest BCUT2D eigenvalue weighted by atomic mass is 16.7. The molecule has 3 fully saturated rings. The number of amides is 1. The number of cyclic esters (lactones) is 1. The third kappa shape index (κ3) is 10.0. The van der Waals surface area contributed by atoms with Crippen molar-refractivity contribution >= 4 is 29.6 Å². The second kappa shape index (κ2) is 19.8. The number of hydrogen-bond donors (Lipinski definition) is 0. The van der Waals surface area contributed by atoms with Gasteiger partial charge in [-0.2, -0.15) is 0 Å². The third-order valence-electron chi connectivity index (χ3n) is 12.4. The van der Waals surface area contributed by atoms with Gasteiger partial charge in [0.25, 0.3) is 0 Å². The fourth-order valence-electron chi connectivity index (χ4n) is 9.10. The van der Waals surface area contributed by atoms with Crippen molar-refractivity contribution in [1.82, 2.24) is 9.80 Å². The van der Waals surface area contributed by atoms with Crippen LogP contribution in [0, 0.1) is 23.7 Å². The topological polar surface area (TPSA) is 196 Å². The normalized spacial score (nSPS) is 36.3. The van der Waals surface area contributed by atoms with Crippen molar-refractivity contribution in [3.8, 4) is 0 Å². The number of azide groups is 1. The number of Topliss-reactive ketones (excluding diaryl/α,β-unsaturated/α-hetero) is 2. The number of rotatable bonds is 12. The fourth-order valence-corrected chi connectivity index (χ4v) is 9.10. The molecule has 0 N–H and O–H groups in total. The maximum Gasteiger partial charge on any atom is 0.410 e. The second-order valence-electron chi connectivity index (χ2n) is 16.8. The summed E-state index contributed by atoms with van der Waals surface area (Å²) in [5.41, 5.74) is 6.27. The monoisotopic (exact) mass is 813 g/mol. The summed E-state index contributed by atoms with van der Waals surface area (Å²) in [7, 11) is 5.22. The van der Waals surface area contributed by atoms with E-state index in [0.29, 0.717) is 24.8 Å². The summed E-state index contributed by atoms with van der Waals surface area (Å²) in [4.78, 5) is 76.6. The van der Waals surface area contributed by atoms with Gasteiger partial charge in [0.2, 0.25) is 0 Å². The Morgan fingerprint density at radius 3 is 2.29 bits per heavy atom. The van der Waals surface area contributed by atoms with Crippen LogP contribution in [0.15, 0.2) is 35.4 Å². The molecule has 0 saturated carbocycles. The van der Waals surface area contributed by atoms with Gasteiger partial charge in [0, 0.05) is 42.9 Å². The summed E-state index contributed by atoms with van der Waals surface area (Å²) in [5, 5.41) is 3.59. The van der Waals surface area contributed by atoms with Gasteiger partial charge in [-0.25, -0.2) is 9.59 Å². The quantitative estimate of drug-likeness (QED) is 0.0445. The van der Waals surface area contributed by atoms with Crippen LogP contribution in [0.25, 0.3) is 10.4 Å². The highest BCUT2D eigenvalue weighted by Gasteiger charge is 2.60. The van der Waals surface area contributed by atoms with E-state index < -0.39 is 89.3 Å². The lowest BCUT2D eigenvalue weighted by Crippen LogP contribution is -2.61. The Labute approximate surface area is 342 Å². The molecular formula is C42H63N5O11. The first kappa shape index (κ1) is 46.6. The van der Waals surface area contributed by atoms with Crippen LogP contribution in [0.3, 0.4) is 0 Å². The van der Waals surface area contributed by atoms with Gasteiger partial charge in [0.05, 0.1) is 35.5 Å². The lowest BCUT2D eigenvalue weighted by atomic mass is 9.73. The Morgan fingerprint density at radius 1 is 1.02 bits per heavy atom. The summed E-state index contributed by atoms with van der Waals surface area (Å²) >= 11 is 0. The molecule has 1 amide bonds. The predicted molar refractivity (Wildman–Crippen MR) is 212 cm³/mol. The Hall–Kier alpha value is -4.08. The van der Waals surface area contributed by atoms with E-state index in [-0.39, 0.29) is 43.9 Å². The zero-order chi connectivity index (χ0) is 43.1. The number of hydrogen-bond acceptors (Lipinski definition) is 13. The molecule has 13 atom stereocenters. The molecule has 3 saturated heterocycles. The lowest BCUT2D eigenvalue weighted by molar-refractivity contribution is -0.294. The van der Waals surface area contributed by atoms with Crippen LogP contribution >= 0.6 is 0 Å². The fraction of sp³-hybridized carbons (Fsp3) is 0.738. The summed E-state index contributed by atoms with van der Waals surface area (Å²) in [6, 6.07) is 7.39. The van der Waals surface area contributed by atoms with Crippen molar-refractivity contribution < 1.29 is 52.4 Å². The highest BCUT2D eigenvalue weighted by Crippen LogP contribution is 2.43. The maximum absolute atomic E-state index is 14.7. The van der Waals surface area contributed by atoms with Crippen LogP contribution in [-0.4, -0.2) is 128 Å². The molecule has 1 aromatic rings. The van der Waals surface area contributed by atoms with Gasteiger partial charge in [-0.05, 0) is 91.6 Å². The summed E-state index contributed by atoms with van der Waals surface area (Å²) in [6.45, 7) is 14.2. The smallest absolute Gasteiger partial charge is 0.410 e. The van der Waals surface area contributed by atoms with Crippen LogP contribution in [0.1, 0.15) is 97.9 Å². The minimum atomic E-state index is -1.44. The van der Waals surface area contributed by atoms with Gasteiger partial charge < -0.3 is 38.2 Å². The number of esters is 2. The number of methoxy groups -OCH3 is 1. The van der Waals surface area contributed by atoms with E-state index >= 15 is 0 Å². The predicted octanol–water partition coefficient (Wildman–Crippen LogP) is 6.15. The Balaban J connectivity index is 1.79.